The zero-order valence-corrected chi connectivity index (χ0v) is 33.5. The maximum atomic E-state index is 15.0. The molecule has 3 fully saturated rings. The monoisotopic (exact) mass is 806 g/mol. The quantitative estimate of drug-likeness (QED) is 0.0836. The minimum absolute atomic E-state index is 0.0582. The molecule has 2 aromatic carbocycles. The van der Waals surface area contributed by atoms with Gasteiger partial charge in [0.15, 0.2) is 0 Å². The fourth-order valence-corrected chi connectivity index (χ4v) is 9.41. The van der Waals surface area contributed by atoms with Gasteiger partial charge in [-0.25, -0.2) is 0 Å². The Labute approximate surface area is 328 Å². The van der Waals surface area contributed by atoms with Crippen LogP contribution in [0.3, 0.4) is 0 Å². The average Bonchev–Trinajstić information content (AvgIpc) is 3.78. The largest absolute Gasteiger partial charge is 0.455 e. The summed E-state index contributed by atoms with van der Waals surface area (Å²) in [5, 5.41) is 9.62. The number of likely N-dealkylation sites (N-methyl/N-ethyl adjacent to an activating group) is 1. The van der Waals surface area contributed by atoms with E-state index < -0.39 is 47.7 Å². The van der Waals surface area contributed by atoms with Crippen LogP contribution in [0.2, 0.25) is 0 Å². The number of carbonyl (C=O) groups excluding carboxylic acids is 4. The van der Waals surface area contributed by atoms with Crippen molar-refractivity contribution in [3.63, 3.8) is 0 Å². The molecule has 8 atom stereocenters. The van der Waals surface area contributed by atoms with Crippen LogP contribution >= 0.6 is 15.9 Å². The predicted molar refractivity (Wildman–Crippen MR) is 213 cm³/mol. The number of unbranched alkanes of at least 4 members (excludes halogenated alkanes) is 1. The Morgan fingerprint density at radius 3 is 2.33 bits per heavy atom. The van der Waals surface area contributed by atoms with E-state index >= 15 is 0 Å². The van der Waals surface area contributed by atoms with Crippen LogP contribution in [0, 0.1) is 11.8 Å². The third kappa shape index (κ3) is 7.88. The zero-order chi connectivity index (χ0) is 39.2. The maximum Gasteiger partial charge on any atom is 0.313 e. The molecule has 1 N–H and O–H groups in total. The molecule has 292 valence electrons. The van der Waals surface area contributed by atoms with Gasteiger partial charge in [-0.15, -0.1) is 13.2 Å². The Bertz CT molecular complexity index is 1650. The van der Waals surface area contributed by atoms with Crippen molar-refractivity contribution in [1.82, 2.24) is 9.80 Å². The van der Waals surface area contributed by atoms with E-state index in [1.807, 2.05) is 61.5 Å². The van der Waals surface area contributed by atoms with Crippen molar-refractivity contribution in [2.75, 3.05) is 49.6 Å². The van der Waals surface area contributed by atoms with Crippen LogP contribution < -0.4 is 9.80 Å². The first-order valence-corrected chi connectivity index (χ1v) is 20.0. The second kappa shape index (κ2) is 18.1. The van der Waals surface area contributed by atoms with Gasteiger partial charge >= 0.3 is 5.97 Å². The van der Waals surface area contributed by atoms with Crippen LogP contribution in [0.5, 0.6) is 0 Å². The summed E-state index contributed by atoms with van der Waals surface area (Å²) in [5.41, 5.74) is 1.09. The van der Waals surface area contributed by atoms with E-state index in [0.29, 0.717) is 36.9 Å². The summed E-state index contributed by atoms with van der Waals surface area (Å²) in [6, 6.07) is 15.5. The first-order valence-electron chi connectivity index (χ1n) is 19.1. The van der Waals surface area contributed by atoms with E-state index in [2.05, 4.69) is 47.8 Å². The molecule has 3 heterocycles. The number of hydrogen-bond acceptors (Lipinski definition) is 8. The molecule has 3 saturated heterocycles. The van der Waals surface area contributed by atoms with Gasteiger partial charge in [0, 0.05) is 62.5 Å². The third-order valence-electron chi connectivity index (χ3n) is 11.3. The molecule has 11 nitrogen and oxygen atoms in total. The van der Waals surface area contributed by atoms with E-state index in [9.17, 15) is 24.3 Å². The number of fused-ring (bicyclic) bond motifs is 1. The smallest absolute Gasteiger partial charge is 0.313 e. The zero-order valence-electron chi connectivity index (χ0n) is 31.9. The highest BCUT2D eigenvalue weighted by molar-refractivity contribution is 9.09. The number of benzene rings is 2. The van der Waals surface area contributed by atoms with Crippen LogP contribution in [-0.4, -0.2) is 107 Å². The summed E-state index contributed by atoms with van der Waals surface area (Å²) in [6.45, 7) is 15.7. The lowest BCUT2D eigenvalue weighted by Gasteiger charge is -2.37. The lowest BCUT2D eigenvalue weighted by atomic mass is 9.70. The number of halogens is 1. The topological polar surface area (TPSA) is 120 Å². The van der Waals surface area contributed by atoms with Crippen LogP contribution in [-0.2, 0) is 28.7 Å². The third-order valence-corrected chi connectivity index (χ3v) is 12.2. The molecular weight excluding hydrogens is 752 g/mol. The van der Waals surface area contributed by atoms with Gasteiger partial charge in [-0.3, -0.25) is 19.2 Å². The molecule has 0 aliphatic carbocycles. The van der Waals surface area contributed by atoms with Crippen LogP contribution in [0.4, 0.5) is 11.4 Å². The fourth-order valence-electron chi connectivity index (χ4n) is 8.47. The van der Waals surface area contributed by atoms with Crippen LogP contribution in [0.15, 0.2) is 79.9 Å². The minimum Gasteiger partial charge on any atom is -0.455 e. The number of carbonyl (C=O) groups is 4. The molecule has 5 rings (SSSR count). The molecule has 0 saturated carbocycles. The highest BCUT2D eigenvalue weighted by atomic mass is 79.9. The SMILES string of the molecule is C=CCCC(=O)N(C)[C@@H](C)[C@@H](OC(=O)[C@H]1[C@@H]2O[C@@]3(CC2Br)[C@@H]1C(=O)N(CCCCO)[C@@H]3C(=O)N(CC=C)c1ccc(N(CC)CC)cc1)c1ccccc1. The van der Waals surface area contributed by atoms with Gasteiger partial charge in [-0.05, 0) is 76.3 Å². The van der Waals surface area contributed by atoms with E-state index in [0.717, 1.165) is 18.8 Å². The van der Waals surface area contributed by atoms with E-state index in [1.165, 1.54) is 0 Å². The molecule has 3 amide bonds. The van der Waals surface area contributed by atoms with Crippen molar-refractivity contribution in [1.29, 1.82) is 0 Å². The van der Waals surface area contributed by atoms with E-state index in [-0.39, 0.29) is 48.7 Å². The normalized spacial score (nSPS) is 25.1. The van der Waals surface area contributed by atoms with E-state index in [4.69, 9.17) is 9.47 Å². The molecule has 2 aromatic rings. The van der Waals surface area contributed by atoms with Crippen molar-refractivity contribution >= 4 is 51.0 Å². The summed E-state index contributed by atoms with van der Waals surface area (Å²) in [7, 11) is 1.69. The summed E-state index contributed by atoms with van der Waals surface area (Å²) in [6.07, 6.45) is 3.82. The number of anilines is 2. The van der Waals surface area contributed by atoms with Crippen molar-refractivity contribution < 1.29 is 33.8 Å². The lowest BCUT2D eigenvalue weighted by Crippen LogP contribution is -2.57. The van der Waals surface area contributed by atoms with Gasteiger partial charge in [-0.1, -0.05) is 58.4 Å². The predicted octanol–water partition coefficient (Wildman–Crippen LogP) is 5.67. The van der Waals surface area contributed by atoms with E-state index in [1.54, 1.807) is 33.9 Å². The summed E-state index contributed by atoms with van der Waals surface area (Å²) in [5.74, 6) is -3.37. The number of amides is 3. The summed E-state index contributed by atoms with van der Waals surface area (Å²) in [4.78, 5) is 64.0. The molecule has 54 heavy (non-hydrogen) atoms. The van der Waals surface area contributed by atoms with Crippen LogP contribution in [0.1, 0.15) is 64.5 Å². The summed E-state index contributed by atoms with van der Waals surface area (Å²) < 4.78 is 13.2. The highest BCUT2D eigenvalue weighted by Gasteiger charge is 2.77. The number of hydrogen-bond donors (Lipinski definition) is 1. The Balaban J connectivity index is 1.50. The molecule has 3 aliphatic rings. The number of ether oxygens (including phenoxy) is 2. The first-order chi connectivity index (χ1) is 26.0. The van der Waals surface area contributed by atoms with Gasteiger partial charge < -0.3 is 34.2 Å². The minimum atomic E-state index is -1.30. The van der Waals surface area contributed by atoms with Crippen molar-refractivity contribution in [3.05, 3.63) is 85.5 Å². The van der Waals surface area contributed by atoms with Gasteiger partial charge in [-0.2, -0.15) is 0 Å². The fraction of sp³-hybridized carbons (Fsp3) is 0.524. The number of allylic oxidation sites excluding steroid dienone is 1. The second-order valence-corrected chi connectivity index (χ2v) is 15.6. The lowest BCUT2D eigenvalue weighted by molar-refractivity contribution is -0.164. The number of aliphatic hydroxyl groups is 1. The number of alkyl halides is 1. The van der Waals surface area contributed by atoms with Crippen molar-refractivity contribution in [2.24, 2.45) is 11.8 Å². The first kappa shape index (κ1) is 41.2. The molecule has 3 aliphatic heterocycles. The highest BCUT2D eigenvalue weighted by Crippen LogP contribution is 2.60. The Kier molecular flexibility index (Phi) is 13.8. The van der Waals surface area contributed by atoms with Gasteiger partial charge in [0.05, 0.1) is 24.0 Å². The van der Waals surface area contributed by atoms with Gasteiger partial charge in [0.25, 0.3) is 5.91 Å². The van der Waals surface area contributed by atoms with Crippen molar-refractivity contribution in [2.45, 2.75) is 87.6 Å². The number of esters is 1. The number of aliphatic hydroxyl groups excluding tert-OH is 1. The summed E-state index contributed by atoms with van der Waals surface area (Å²) >= 11 is 3.77. The number of likely N-dealkylation sites (tertiary alicyclic amines) is 1. The molecule has 0 aromatic heterocycles. The van der Waals surface area contributed by atoms with Crippen LogP contribution in [0.25, 0.3) is 0 Å². The maximum absolute atomic E-state index is 15.0. The Morgan fingerprint density at radius 2 is 1.72 bits per heavy atom. The van der Waals surface area contributed by atoms with Gasteiger partial charge in [0.1, 0.15) is 17.7 Å². The van der Waals surface area contributed by atoms with Gasteiger partial charge in [0.2, 0.25) is 11.8 Å². The molecule has 1 unspecified atom stereocenters. The molecular formula is C42H55BrN4O7. The molecule has 0 radical (unpaired) electrons. The Morgan fingerprint density at radius 1 is 1.06 bits per heavy atom. The number of nitrogens with zero attached hydrogens (tertiary/aromatic N) is 4. The molecule has 2 bridgehead atoms. The number of rotatable bonds is 19. The second-order valence-electron chi connectivity index (χ2n) is 14.4. The standard InChI is InChI=1S/C42H55BrN4O7/c1-7-11-19-33(49)44(6)28(5)36(29-17-13-12-14-18-29)53-41(52)34-35-39(50)47(25-15-16-26-48)38(42(35)27-32(43)37(34)54-42)40(51)46(24-8-2)31-22-20-30(21-23-31)45(9-3)10-4/h7-8,12-14,17-18,20-23,28,32,34-38,48H,1-2,9-11,15-16,19,24-27H2,3-6H3/t28-,32?,34+,35-,36+,37+,38+,42-/m0/s1. The van der Waals surface area contributed by atoms with Crippen molar-refractivity contribution in [3.8, 4) is 0 Å². The molecule has 1 spiro atoms. The molecule has 12 heteroatoms. The Hall–Kier alpha value is -4.00. The average molecular weight is 808 g/mol.